The summed E-state index contributed by atoms with van der Waals surface area (Å²) in [6, 6.07) is 12.4. The minimum atomic E-state index is -0.773. The Kier molecular flexibility index (Phi) is 6.01. The molecule has 0 aliphatic carbocycles. The van der Waals surface area contributed by atoms with Crippen molar-refractivity contribution in [1.82, 2.24) is 5.32 Å². The van der Waals surface area contributed by atoms with E-state index in [4.69, 9.17) is 4.74 Å². The SMILES string of the molecule is CC(C)COCC(C#N)(NC(C)C)c1ccccc1. The number of hydrogen-bond acceptors (Lipinski definition) is 3. The fraction of sp³-hybridized carbons (Fsp3) is 0.562. The van der Waals surface area contributed by atoms with Crippen LogP contribution >= 0.6 is 0 Å². The van der Waals surface area contributed by atoms with Gasteiger partial charge in [0.2, 0.25) is 0 Å². The van der Waals surface area contributed by atoms with Crippen LogP contribution in [-0.4, -0.2) is 19.3 Å². The number of rotatable bonds is 7. The van der Waals surface area contributed by atoms with E-state index in [0.717, 1.165) is 5.56 Å². The average Bonchev–Trinajstić information content (AvgIpc) is 2.37. The number of nitrogens with zero attached hydrogens (tertiary/aromatic N) is 1. The first-order valence-electron chi connectivity index (χ1n) is 6.82. The first-order valence-corrected chi connectivity index (χ1v) is 6.82. The minimum absolute atomic E-state index is 0.211. The molecule has 104 valence electrons. The molecule has 0 aromatic heterocycles. The second kappa shape index (κ2) is 7.28. The quantitative estimate of drug-likeness (QED) is 0.819. The van der Waals surface area contributed by atoms with E-state index in [1.807, 2.05) is 44.2 Å². The Morgan fingerprint density at radius 3 is 2.32 bits per heavy atom. The van der Waals surface area contributed by atoms with Gasteiger partial charge < -0.3 is 4.74 Å². The molecular formula is C16H24N2O. The molecule has 0 heterocycles. The molecule has 3 nitrogen and oxygen atoms in total. The van der Waals surface area contributed by atoms with Crippen LogP contribution in [0.2, 0.25) is 0 Å². The van der Waals surface area contributed by atoms with Crippen molar-refractivity contribution in [1.29, 1.82) is 5.26 Å². The predicted molar refractivity (Wildman–Crippen MR) is 77.7 cm³/mol. The van der Waals surface area contributed by atoms with Gasteiger partial charge >= 0.3 is 0 Å². The van der Waals surface area contributed by atoms with Gasteiger partial charge in [0.1, 0.15) is 0 Å². The Balaban J connectivity index is 2.92. The highest BCUT2D eigenvalue weighted by Crippen LogP contribution is 2.22. The second-order valence-corrected chi connectivity index (χ2v) is 5.59. The molecule has 1 aromatic rings. The third kappa shape index (κ3) is 4.66. The highest BCUT2D eigenvalue weighted by Gasteiger charge is 2.33. The van der Waals surface area contributed by atoms with Crippen molar-refractivity contribution in [3.05, 3.63) is 35.9 Å². The minimum Gasteiger partial charge on any atom is -0.378 e. The van der Waals surface area contributed by atoms with E-state index in [2.05, 4.69) is 25.2 Å². The molecule has 1 unspecified atom stereocenters. The Morgan fingerprint density at radius 2 is 1.84 bits per heavy atom. The maximum Gasteiger partial charge on any atom is 0.156 e. The molecule has 0 saturated carbocycles. The van der Waals surface area contributed by atoms with Gasteiger partial charge in [-0.1, -0.05) is 44.2 Å². The van der Waals surface area contributed by atoms with Gasteiger partial charge in [0.15, 0.2) is 5.54 Å². The fourth-order valence-electron chi connectivity index (χ4n) is 2.00. The molecule has 3 heteroatoms. The Bertz CT molecular complexity index is 409. The monoisotopic (exact) mass is 260 g/mol. The van der Waals surface area contributed by atoms with Crippen molar-refractivity contribution in [2.24, 2.45) is 5.92 Å². The summed E-state index contributed by atoms with van der Waals surface area (Å²) >= 11 is 0. The number of benzene rings is 1. The lowest BCUT2D eigenvalue weighted by Gasteiger charge is -2.30. The molecular weight excluding hydrogens is 236 g/mol. The lowest BCUT2D eigenvalue weighted by molar-refractivity contribution is 0.0674. The summed E-state index contributed by atoms with van der Waals surface area (Å²) in [5.74, 6) is 0.464. The molecule has 0 spiro atoms. The van der Waals surface area contributed by atoms with Crippen LogP contribution in [0.5, 0.6) is 0 Å². The zero-order chi connectivity index (χ0) is 14.3. The standard InChI is InChI=1S/C16H24N2O/c1-13(2)10-19-12-16(11-17,18-14(3)4)15-8-6-5-7-9-15/h5-9,13-14,18H,10,12H2,1-4H3. The summed E-state index contributed by atoms with van der Waals surface area (Å²) < 4.78 is 5.72. The van der Waals surface area contributed by atoms with Crippen molar-refractivity contribution < 1.29 is 4.74 Å². The van der Waals surface area contributed by atoms with Crippen molar-refractivity contribution in [2.75, 3.05) is 13.2 Å². The molecule has 0 saturated heterocycles. The van der Waals surface area contributed by atoms with Crippen LogP contribution in [0.15, 0.2) is 30.3 Å². The van der Waals surface area contributed by atoms with E-state index in [9.17, 15) is 5.26 Å². The highest BCUT2D eigenvalue weighted by atomic mass is 16.5. The lowest BCUT2D eigenvalue weighted by atomic mass is 9.91. The lowest BCUT2D eigenvalue weighted by Crippen LogP contribution is -2.48. The van der Waals surface area contributed by atoms with E-state index in [0.29, 0.717) is 19.1 Å². The largest absolute Gasteiger partial charge is 0.378 e. The zero-order valence-electron chi connectivity index (χ0n) is 12.3. The second-order valence-electron chi connectivity index (χ2n) is 5.59. The number of ether oxygens (including phenoxy) is 1. The van der Waals surface area contributed by atoms with Gasteiger partial charge in [0.25, 0.3) is 0 Å². The first kappa shape index (κ1) is 15.7. The molecule has 0 bridgehead atoms. The van der Waals surface area contributed by atoms with E-state index in [1.54, 1.807) is 0 Å². The molecule has 0 aliphatic rings. The molecule has 1 aromatic carbocycles. The summed E-state index contributed by atoms with van der Waals surface area (Å²) in [5, 5.41) is 13.0. The Labute approximate surface area is 116 Å². The van der Waals surface area contributed by atoms with Crippen LogP contribution < -0.4 is 5.32 Å². The predicted octanol–water partition coefficient (Wildman–Crippen LogP) is 3.08. The summed E-state index contributed by atoms with van der Waals surface area (Å²) in [5.41, 5.74) is 0.180. The molecule has 0 aliphatic heterocycles. The molecule has 19 heavy (non-hydrogen) atoms. The van der Waals surface area contributed by atoms with E-state index >= 15 is 0 Å². The topological polar surface area (TPSA) is 45.0 Å². The highest BCUT2D eigenvalue weighted by molar-refractivity contribution is 5.31. The Hall–Kier alpha value is -1.37. The Morgan fingerprint density at radius 1 is 1.21 bits per heavy atom. The fourth-order valence-corrected chi connectivity index (χ4v) is 2.00. The molecule has 1 atom stereocenters. The van der Waals surface area contributed by atoms with Gasteiger partial charge in [0.05, 0.1) is 12.7 Å². The maximum absolute atomic E-state index is 9.65. The first-order chi connectivity index (χ1) is 9.00. The molecule has 1 rings (SSSR count). The molecule has 1 N–H and O–H groups in total. The van der Waals surface area contributed by atoms with Crippen molar-refractivity contribution >= 4 is 0 Å². The van der Waals surface area contributed by atoms with Gasteiger partial charge in [-0.05, 0) is 25.3 Å². The summed E-state index contributed by atoms with van der Waals surface area (Å²) in [7, 11) is 0. The summed E-state index contributed by atoms with van der Waals surface area (Å²) in [6.07, 6.45) is 0. The molecule has 0 amide bonds. The van der Waals surface area contributed by atoms with Crippen LogP contribution in [0.4, 0.5) is 0 Å². The van der Waals surface area contributed by atoms with E-state index < -0.39 is 5.54 Å². The molecule has 0 radical (unpaired) electrons. The van der Waals surface area contributed by atoms with Crippen LogP contribution in [0, 0.1) is 17.2 Å². The normalized spacial score (nSPS) is 14.4. The summed E-state index contributed by atoms with van der Waals surface area (Å²) in [6.45, 7) is 9.31. The van der Waals surface area contributed by atoms with E-state index in [-0.39, 0.29) is 6.04 Å². The van der Waals surface area contributed by atoms with Crippen LogP contribution in [-0.2, 0) is 10.3 Å². The zero-order valence-corrected chi connectivity index (χ0v) is 12.3. The number of hydrogen-bond donors (Lipinski definition) is 1. The third-order valence-electron chi connectivity index (χ3n) is 2.76. The van der Waals surface area contributed by atoms with Crippen molar-refractivity contribution in [2.45, 2.75) is 39.3 Å². The van der Waals surface area contributed by atoms with Gasteiger partial charge in [0, 0.05) is 12.6 Å². The third-order valence-corrected chi connectivity index (χ3v) is 2.76. The van der Waals surface area contributed by atoms with Crippen LogP contribution in [0.25, 0.3) is 0 Å². The smallest absolute Gasteiger partial charge is 0.156 e. The summed E-state index contributed by atoms with van der Waals surface area (Å²) in [4.78, 5) is 0. The average molecular weight is 260 g/mol. The van der Waals surface area contributed by atoms with Crippen molar-refractivity contribution in [3.63, 3.8) is 0 Å². The van der Waals surface area contributed by atoms with Crippen LogP contribution in [0.1, 0.15) is 33.3 Å². The van der Waals surface area contributed by atoms with Gasteiger partial charge in [-0.2, -0.15) is 5.26 Å². The van der Waals surface area contributed by atoms with Crippen LogP contribution in [0.3, 0.4) is 0 Å². The van der Waals surface area contributed by atoms with Gasteiger partial charge in [-0.25, -0.2) is 0 Å². The van der Waals surface area contributed by atoms with Gasteiger partial charge in [-0.15, -0.1) is 0 Å². The number of nitriles is 1. The molecule has 0 fully saturated rings. The van der Waals surface area contributed by atoms with Crippen molar-refractivity contribution in [3.8, 4) is 6.07 Å². The maximum atomic E-state index is 9.65. The van der Waals surface area contributed by atoms with E-state index in [1.165, 1.54) is 0 Å². The number of nitrogens with one attached hydrogen (secondary N) is 1. The van der Waals surface area contributed by atoms with Gasteiger partial charge in [-0.3, -0.25) is 5.32 Å².